The van der Waals surface area contributed by atoms with Gasteiger partial charge in [-0.15, -0.1) is 0 Å². The molecule has 0 saturated heterocycles. The number of terminal acetylenes is 1. The molecule has 32 heavy (non-hydrogen) atoms. The Kier molecular flexibility index (Phi) is 10.2. The van der Waals surface area contributed by atoms with Crippen molar-refractivity contribution in [3.05, 3.63) is 34.9 Å². The highest BCUT2D eigenvalue weighted by atomic mass is 16.6. The van der Waals surface area contributed by atoms with E-state index in [1.54, 1.807) is 20.8 Å². The van der Waals surface area contributed by atoms with Crippen LogP contribution in [0.3, 0.4) is 0 Å². The van der Waals surface area contributed by atoms with E-state index in [4.69, 9.17) is 11.2 Å². The lowest BCUT2D eigenvalue weighted by atomic mass is 9.96. The number of alkyl carbamates (subject to hydrolysis) is 1. The molecule has 0 aromatic heterocycles. The molecule has 7 nitrogen and oxygen atoms in total. The SMILES string of the molecule is C#CN(C(=O)C(C)NC(=O)OC(C)(C)C)C(C(=O)NCCCCC)c1cc(C)ccc1C. The van der Waals surface area contributed by atoms with Crippen molar-refractivity contribution < 1.29 is 19.1 Å². The van der Waals surface area contributed by atoms with Gasteiger partial charge in [-0.25, -0.2) is 4.79 Å². The minimum Gasteiger partial charge on any atom is -0.444 e. The number of hydrogen-bond acceptors (Lipinski definition) is 4. The Balaban J connectivity index is 3.20. The van der Waals surface area contributed by atoms with Gasteiger partial charge in [0.2, 0.25) is 5.91 Å². The second kappa shape index (κ2) is 12.1. The van der Waals surface area contributed by atoms with E-state index in [1.165, 1.54) is 6.92 Å². The predicted molar refractivity (Wildman–Crippen MR) is 126 cm³/mol. The lowest BCUT2D eigenvalue weighted by Crippen LogP contribution is -2.50. The van der Waals surface area contributed by atoms with E-state index in [2.05, 4.69) is 23.6 Å². The Morgan fingerprint density at radius 2 is 1.84 bits per heavy atom. The highest BCUT2D eigenvalue weighted by molar-refractivity contribution is 5.93. The molecule has 0 spiro atoms. The van der Waals surface area contributed by atoms with E-state index in [-0.39, 0.29) is 5.91 Å². The zero-order chi connectivity index (χ0) is 24.5. The van der Waals surface area contributed by atoms with Crippen LogP contribution in [0.15, 0.2) is 18.2 Å². The molecule has 176 valence electrons. The fraction of sp³-hybridized carbons (Fsp3) is 0.560. The monoisotopic (exact) mass is 443 g/mol. The van der Waals surface area contributed by atoms with E-state index in [1.807, 2.05) is 32.0 Å². The minimum absolute atomic E-state index is 0.356. The molecular weight excluding hydrogens is 406 g/mol. The molecule has 3 amide bonds. The largest absolute Gasteiger partial charge is 0.444 e. The third-order valence-electron chi connectivity index (χ3n) is 4.80. The third-order valence-corrected chi connectivity index (χ3v) is 4.80. The number of rotatable bonds is 9. The molecule has 1 aromatic rings. The summed E-state index contributed by atoms with van der Waals surface area (Å²) in [5.74, 6) is -0.932. The van der Waals surface area contributed by atoms with Crippen molar-refractivity contribution >= 4 is 17.9 Å². The molecular formula is C25H37N3O4. The van der Waals surface area contributed by atoms with Gasteiger partial charge in [-0.2, -0.15) is 0 Å². The van der Waals surface area contributed by atoms with Gasteiger partial charge in [0, 0.05) is 12.6 Å². The Morgan fingerprint density at radius 3 is 2.41 bits per heavy atom. The van der Waals surface area contributed by atoms with Crippen LogP contribution in [0, 0.1) is 26.3 Å². The summed E-state index contributed by atoms with van der Waals surface area (Å²) in [5, 5.41) is 5.41. The second-order valence-corrected chi connectivity index (χ2v) is 8.97. The Bertz CT molecular complexity index is 852. The lowest BCUT2D eigenvalue weighted by Gasteiger charge is -2.30. The van der Waals surface area contributed by atoms with Crippen LogP contribution in [0.4, 0.5) is 4.79 Å². The number of aryl methyl sites for hydroxylation is 2. The van der Waals surface area contributed by atoms with Crippen LogP contribution in [0.1, 0.15) is 76.6 Å². The van der Waals surface area contributed by atoms with Gasteiger partial charge in [0.1, 0.15) is 17.7 Å². The van der Waals surface area contributed by atoms with E-state index < -0.39 is 29.7 Å². The quantitative estimate of drug-likeness (QED) is 0.343. The molecule has 2 unspecified atom stereocenters. The van der Waals surface area contributed by atoms with Crippen LogP contribution in [-0.4, -0.2) is 41.0 Å². The number of nitrogens with zero attached hydrogens (tertiary/aromatic N) is 1. The van der Waals surface area contributed by atoms with Crippen molar-refractivity contribution in [3.8, 4) is 12.5 Å². The molecule has 0 aliphatic rings. The first-order valence-electron chi connectivity index (χ1n) is 11.0. The van der Waals surface area contributed by atoms with Gasteiger partial charge in [0.15, 0.2) is 0 Å². The van der Waals surface area contributed by atoms with Crippen LogP contribution >= 0.6 is 0 Å². The number of carbonyl (C=O) groups excluding carboxylic acids is 3. The van der Waals surface area contributed by atoms with E-state index >= 15 is 0 Å². The van der Waals surface area contributed by atoms with Crippen molar-refractivity contribution in [2.45, 2.75) is 85.4 Å². The van der Waals surface area contributed by atoms with Crippen molar-refractivity contribution in [1.29, 1.82) is 0 Å². The zero-order valence-electron chi connectivity index (χ0n) is 20.4. The summed E-state index contributed by atoms with van der Waals surface area (Å²) in [5.41, 5.74) is 1.72. The highest BCUT2D eigenvalue weighted by Gasteiger charge is 2.34. The van der Waals surface area contributed by atoms with Crippen LogP contribution in [0.5, 0.6) is 0 Å². The first kappa shape index (κ1) is 27.0. The molecule has 7 heteroatoms. The molecule has 0 radical (unpaired) electrons. The van der Waals surface area contributed by atoms with Gasteiger partial charge < -0.3 is 15.4 Å². The maximum atomic E-state index is 13.2. The van der Waals surface area contributed by atoms with Crippen LogP contribution in [0.25, 0.3) is 0 Å². The molecule has 0 fully saturated rings. The van der Waals surface area contributed by atoms with Crippen molar-refractivity contribution in [2.24, 2.45) is 0 Å². The van der Waals surface area contributed by atoms with Gasteiger partial charge >= 0.3 is 6.09 Å². The van der Waals surface area contributed by atoms with Gasteiger partial charge in [-0.3, -0.25) is 14.5 Å². The first-order chi connectivity index (χ1) is 14.9. The summed E-state index contributed by atoms with van der Waals surface area (Å²) in [6.45, 7) is 13.0. The summed E-state index contributed by atoms with van der Waals surface area (Å²) in [6, 6.07) is 6.04. The number of amides is 3. The van der Waals surface area contributed by atoms with Gasteiger partial charge in [-0.1, -0.05) is 50.0 Å². The molecule has 1 rings (SSSR count). The Morgan fingerprint density at radius 1 is 1.19 bits per heavy atom. The predicted octanol–water partition coefficient (Wildman–Crippen LogP) is 3.98. The molecule has 0 saturated carbocycles. The van der Waals surface area contributed by atoms with Gasteiger partial charge in [-0.05, 0) is 59.1 Å². The maximum absolute atomic E-state index is 13.2. The number of carbonyl (C=O) groups is 3. The number of unbranched alkanes of at least 4 members (excludes halogenated alkanes) is 2. The summed E-state index contributed by atoms with van der Waals surface area (Å²) in [4.78, 5) is 39.6. The summed E-state index contributed by atoms with van der Waals surface area (Å²) in [7, 11) is 0. The zero-order valence-corrected chi connectivity index (χ0v) is 20.4. The number of ether oxygens (including phenoxy) is 1. The molecule has 0 heterocycles. The second-order valence-electron chi connectivity index (χ2n) is 8.97. The van der Waals surface area contributed by atoms with Gasteiger partial charge in [0.25, 0.3) is 5.91 Å². The first-order valence-corrected chi connectivity index (χ1v) is 11.0. The molecule has 0 aliphatic heterocycles. The maximum Gasteiger partial charge on any atom is 0.408 e. The Labute approximate surface area is 192 Å². The van der Waals surface area contributed by atoms with E-state index in [0.717, 1.165) is 35.3 Å². The van der Waals surface area contributed by atoms with Crippen LogP contribution < -0.4 is 10.6 Å². The van der Waals surface area contributed by atoms with Crippen molar-refractivity contribution in [3.63, 3.8) is 0 Å². The van der Waals surface area contributed by atoms with E-state index in [0.29, 0.717) is 12.1 Å². The standard InChI is InChI=1S/C25H37N3O4/c1-9-11-12-15-26-22(29)21(20-16-17(3)13-14-18(20)4)28(10-2)23(30)19(5)27-24(31)32-25(6,7)8/h2,13-14,16,19,21H,9,11-12,15H2,1,3-8H3,(H,26,29)(H,27,31). The summed E-state index contributed by atoms with van der Waals surface area (Å²) >= 11 is 0. The van der Waals surface area contributed by atoms with Crippen molar-refractivity contribution in [1.82, 2.24) is 15.5 Å². The smallest absolute Gasteiger partial charge is 0.408 e. The van der Waals surface area contributed by atoms with Crippen LogP contribution in [0.2, 0.25) is 0 Å². The number of hydrogen-bond donors (Lipinski definition) is 2. The lowest BCUT2D eigenvalue weighted by molar-refractivity contribution is -0.138. The number of benzene rings is 1. The number of nitrogens with one attached hydrogen (secondary N) is 2. The molecule has 0 bridgehead atoms. The average Bonchev–Trinajstić information content (AvgIpc) is 2.69. The minimum atomic E-state index is -1.02. The molecule has 2 atom stereocenters. The Hall–Kier alpha value is -3.01. The highest BCUT2D eigenvalue weighted by Crippen LogP contribution is 2.26. The molecule has 0 aliphatic carbocycles. The van der Waals surface area contributed by atoms with Gasteiger partial charge in [0.05, 0.1) is 0 Å². The van der Waals surface area contributed by atoms with E-state index in [9.17, 15) is 14.4 Å². The normalized spacial score (nSPS) is 12.8. The van der Waals surface area contributed by atoms with Crippen LogP contribution in [-0.2, 0) is 14.3 Å². The fourth-order valence-electron chi connectivity index (χ4n) is 3.16. The average molecular weight is 444 g/mol. The summed E-state index contributed by atoms with van der Waals surface area (Å²) < 4.78 is 5.22. The van der Waals surface area contributed by atoms with Crippen molar-refractivity contribution in [2.75, 3.05) is 6.54 Å². The molecule has 2 N–H and O–H groups in total. The third kappa shape index (κ3) is 8.26. The molecule has 1 aromatic carbocycles. The fourth-order valence-corrected chi connectivity index (χ4v) is 3.16. The summed E-state index contributed by atoms with van der Waals surface area (Å²) in [6.07, 6.45) is 7.83. The topological polar surface area (TPSA) is 87.7 Å².